The van der Waals surface area contributed by atoms with E-state index in [-0.39, 0.29) is 29.8 Å². The number of fused-ring (bicyclic) bond motifs is 3. The zero-order chi connectivity index (χ0) is 18.1. The minimum Gasteiger partial charge on any atom is -0.356 e. The average molecular weight is 357 g/mol. The van der Waals surface area contributed by atoms with Crippen molar-refractivity contribution in [2.24, 2.45) is 5.92 Å². The molecule has 7 heteroatoms. The number of hydrogen-bond acceptors (Lipinski definition) is 5. The Kier molecular flexibility index (Phi) is 4.91. The van der Waals surface area contributed by atoms with Crippen LogP contribution >= 0.6 is 0 Å². The van der Waals surface area contributed by atoms with Gasteiger partial charge in [-0.1, -0.05) is 6.07 Å². The number of aromatic nitrogens is 1. The van der Waals surface area contributed by atoms with Crippen LogP contribution in [0, 0.1) is 5.92 Å². The number of nitrogens with zero attached hydrogens (tertiary/aromatic N) is 3. The number of piperazine rings is 1. The number of rotatable bonds is 4. The van der Waals surface area contributed by atoms with Crippen molar-refractivity contribution in [3.8, 4) is 0 Å². The van der Waals surface area contributed by atoms with Gasteiger partial charge in [0.05, 0.1) is 0 Å². The molecule has 3 heterocycles. The number of nitrogens with one attached hydrogen (secondary N) is 2. The molecule has 7 nitrogen and oxygen atoms in total. The Morgan fingerprint density at radius 3 is 3.04 bits per heavy atom. The molecule has 4 atom stereocenters. The lowest BCUT2D eigenvalue weighted by molar-refractivity contribution is -0.153. The van der Waals surface area contributed by atoms with Crippen LogP contribution in [0.15, 0.2) is 24.5 Å². The molecule has 2 N–H and O–H groups in total. The zero-order valence-corrected chi connectivity index (χ0v) is 15.2. The topological polar surface area (TPSA) is 77.6 Å². The normalized spacial score (nSPS) is 31.4. The largest absolute Gasteiger partial charge is 0.356 e. The van der Waals surface area contributed by atoms with Crippen molar-refractivity contribution in [3.05, 3.63) is 30.1 Å². The maximum atomic E-state index is 12.6. The smallest absolute Gasteiger partial charge is 0.241 e. The van der Waals surface area contributed by atoms with E-state index in [1.54, 1.807) is 6.20 Å². The lowest BCUT2D eigenvalue weighted by Crippen LogP contribution is -2.67. The van der Waals surface area contributed by atoms with Crippen LogP contribution in [0.3, 0.4) is 0 Å². The molecule has 4 rings (SSSR count). The van der Waals surface area contributed by atoms with Crippen molar-refractivity contribution in [2.45, 2.75) is 50.2 Å². The molecule has 3 fully saturated rings. The number of likely N-dealkylation sites (N-methyl/N-ethyl adjacent to an activating group) is 1. The molecular weight excluding hydrogens is 330 g/mol. The average Bonchev–Trinajstić information content (AvgIpc) is 3.16. The van der Waals surface area contributed by atoms with Crippen LogP contribution in [-0.4, -0.2) is 65.0 Å². The van der Waals surface area contributed by atoms with Crippen LogP contribution < -0.4 is 10.7 Å². The molecule has 1 aliphatic carbocycles. The summed E-state index contributed by atoms with van der Waals surface area (Å²) < 4.78 is 0. The Labute approximate surface area is 154 Å². The minimum atomic E-state index is -0.0221. The first-order valence-electron chi connectivity index (χ1n) is 9.60. The number of hydrogen-bond donors (Lipinski definition) is 2. The summed E-state index contributed by atoms with van der Waals surface area (Å²) in [6.07, 6.45) is 7.83. The second kappa shape index (κ2) is 7.32. The monoisotopic (exact) mass is 357 g/mol. The van der Waals surface area contributed by atoms with Crippen LogP contribution in [0.4, 0.5) is 0 Å². The van der Waals surface area contributed by atoms with Gasteiger partial charge in [0.2, 0.25) is 11.8 Å². The van der Waals surface area contributed by atoms with Gasteiger partial charge in [0.15, 0.2) is 0 Å². The molecule has 0 radical (unpaired) electrons. The Balaban J connectivity index is 1.33. The maximum absolute atomic E-state index is 12.6. The minimum absolute atomic E-state index is 0.0143. The first-order chi connectivity index (χ1) is 12.6. The molecule has 1 aromatic rings. The number of amides is 2. The van der Waals surface area contributed by atoms with E-state index in [0.29, 0.717) is 12.6 Å². The number of hydrazine groups is 1. The second-order valence-corrected chi connectivity index (χ2v) is 7.62. The van der Waals surface area contributed by atoms with Gasteiger partial charge in [0.25, 0.3) is 0 Å². The number of carbonyl (C=O) groups is 2. The van der Waals surface area contributed by atoms with E-state index in [1.807, 2.05) is 30.3 Å². The SMILES string of the molecule is CN1C(=O)C2CCNN2C2CCC(C(=O)NCCc3cccnc3)CC21. The predicted molar refractivity (Wildman–Crippen MR) is 96.9 cm³/mol. The van der Waals surface area contributed by atoms with Crippen molar-refractivity contribution in [1.82, 2.24) is 25.6 Å². The second-order valence-electron chi connectivity index (χ2n) is 7.62. The van der Waals surface area contributed by atoms with Crippen LogP contribution in [-0.2, 0) is 16.0 Å². The third kappa shape index (κ3) is 3.21. The first kappa shape index (κ1) is 17.4. The summed E-state index contributed by atoms with van der Waals surface area (Å²) in [6.45, 7) is 1.49. The van der Waals surface area contributed by atoms with E-state index in [9.17, 15) is 9.59 Å². The summed E-state index contributed by atoms with van der Waals surface area (Å²) in [4.78, 5) is 31.2. The van der Waals surface area contributed by atoms with Crippen molar-refractivity contribution in [2.75, 3.05) is 20.1 Å². The van der Waals surface area contributed by atoms with Crippen molar-refractivity contribution in [3.63, 3.8) is 0 Å². The lowest BCUT2D eigenvalue weighted by atomic mass is 9.79. The summed E-state index contributed by atoms with van der Waals surface area (Å²) >= 11 is 0. The van der Waals surface area contributed by atoms with E-state index in [0.717, 1.165) is 44.2 Å². The van der Waals surface area contributed by atoms with E-state index in [4.69, 9.17) is 0 Å². The van der Waals surface area contributed by atoms with Crippen molar-refractivity contribution < 1.29 is 9.59 Å². The fourth-order valence-corrected chi connectivity index (χ4v) is 4.70. The molecule has 2 aliphatic heterocycles. The Bertz CT molecular complexity index is 667. The summed E-state index contributed by atoms with van der Waals surface area (Å²) in [7, 11) is 1.90. The molecule has 140 valence electrons. The molecule has 2 saturated heterocycles. The summed E-state index contributed by atoms with van der Waals surface area (Å²) in [6, 6.07) is 4.35. The first-order valence-corrected chi connectivity index (χ1v) is 9.60. The molecule has 2 amide bonds. The van der Waals surface area contributed by atoms with Crippen LogP contribution in [0.1, 0.15) is 31.2 Å². The molecule has 0 aromatic carbocycles. The van der Waals surface area contributed by atoms with Gasteiger partial charge in [0, 0.05) is 50.5 Å². The van der Waals surface area contributed by atoms with Crippen molar-refractivity contribution in [1.29, 1.82) is 0 Å². The third-order valence-electron chi connectivity index (χ3n) is 6.12. The van der Waals surface area contributed by atoms with Gasteiger partial charge in [-0.2, -0.15) is 0 Å². The highest BCUT2D eigenvalue weighted by atomic mass is 16.2. The van der Waals surface area contributed by atoms with E-state index < -0.39 is 0 Å². The van der Waals surface area contributed by atoms with Crippen molar-refractivity contribution >= 4 is 11.8 Å². The van der Waals surface area contributed by atoms with Gasteiger partial charge in [-0.05, 0) is 43.7 Å². The van der Waals surface area contributed by atoms with E-state index in [2.05, 4.69) is 20.7 Å². The van der Waals surface area contributed by atoms with Crippen LogP contribution in [0.2, 0.25) is 0 Å². The fourth-order valence-electron chi connectivity index (χ4n) is 4.70. The lowest BCUT2D eigenvalue weighted by Gasteiger charge is -2.50. The predicted octanol–water partition coefficient (Wildman–Crippen LogP) is 0.329. The molecule has 4 unspecified atom stereocenters. The Morgan fingerprint density at radius 2 is 2.23 bits per heavy atom. The third-order valence-corrected chi connectivity index (χ3v) is 6.12. The van der Waals surface area contributed by atoms with Crippen LogP contribution in [0.5, 0.6) is 0 Å². The van der Waals surface area contributed by atoms with Gasteiger partial charge < -0.3 is 10.2 Å². The molecule has 0 spiro atoms. The summed E-state index contributed by atoms with van der Waals surface area (Å²) in [5.41, 5.74) is 4.51. The van der Waals surface area contributed by atoms with Gasteiger partial charge in [-0.15, -0.1) is 0 Å². The Hall–Kier alpha value is -1.99. The number of carbonyl (C=O) groups excluding carboxylic acids is 2. The van der Waals surface area contributed by atoms with Gasteiger partial charge in [-0.3, -0.25) is 20.0 Å². The molecule has 1 saturated carbocycles. The van der Waals surface area contributed by atoms with Gasteiger partial charge in [-0.25, -0.2) is 5.01 Å². The standard InChI is InChI=1S/C19H27N5O2/c1-23-17-11-14(18(25)21-9-6-13-3-2-8-20-12-13)4-5-15(17)24-16(19(23)26)7-10-22-24/h2-3,8,12,14-17,22H,4-7,9-11H2,1H3,(H,21,25). The fraction of sp³-hybridized carbons (Fsp3) is 0.632. The Morgan fingerprint density at radius 1 is 1.35 bits per heavy atom. The summed E-state index contributed by atoms with van der Waals surface area (Å²) in [5, 5.41) is 5.24. The molecule has 0 bridgehead atoms. The maximum Gasteiger partial charge on any atom is 0.241 e. The quantitative estimate of drug-likeness (QED) is 0.812. The molecule has 26 heavy (non-hydrogen) atoms. The number of pyridine rings is 1. The van der Waals surface area contributed by atoms with Gasteiger partial charge in [0.1, 0.15) is 6.04 Å². The highest BCUT2D eigenvalue weighted by molar-refractivity contribution is 5.84. The molecule has 1 aromatic heterocycles. The summed E-state index contributed by atoms with van der Waals surface area (Å²) in [5.74, 6) is 0.290. The highest BCUT2D eigenvalue weighted by Crippen LogP contribution is 2.36. The highest BCUT2D eigenvalue weighted by Gasteiger charge is 2.50. The zero-order valence-electron chi connectivity index (χ0n) is 15.2. The van der Waals surface area contributed by atoms with E-state index in [1.165, 1.54) is 0 Å². The molecule has 3 aliphatic rings. The van der Waals surface area contributed by atoms with Crippen LogP contribution in [0.25, 0.3) is 0 Å². The molecular formula is C19H27N5O2. The van der Waals surface area contributed by atoms with Gasteiger partial charge >= 0.3 is 0 Å². The van der Waals surface area contributed by atoms with E-state index >= 15 is 0 Å².